The molecule has 2 fully saturated rings. The van der Waals surface area contributed by atoms with Crippen LogP contribution in [0.4, 0.5) is 5.95 Å². The van der Waals surface area contributed by atoms with E-state index < -0.39 is 0 Å². The maximum absolute atomic E-state index is 5.40. The number of rotatable bonds is 10. The molecule has 0 bridgehead atoms. The highest BCUT2D eigenvalue weighted by atomic mass is 16.5. The average Bonchev–Trinajstić information content (AvgIpc) is 3.36. The van der Waals surface area contributed by atoms with Gasteiger partial charge in [-0.05, 0) is 56.8 Å². The molecule has 0 radical (unpaired) electrons. The van der Waals surface area contributed by atoms with Gasteiger partial charge in [-0.25, -0.2) is 4.98 Å². The molecule has 112 valence electrons. The van der Waals surface area contributed by atoms with E-state index in [0.29, 0.717) is 0 Å². The van der Waals surface area contributed by atoms with Crippen molar-refractivity contribution >= 4 is 5.95 Å². The van der Waals surface area contributed by atoms with Gasteiger partial charge in [0.1, 0.15) is 0 Å². The van der Waals surface area contributed by atoms with E-state index in [9.17, 15) is 0 Å². The van der Waals surface area contributed by atoms with E-state index in [-0.39, 0.29) is 0 Å². The van der Waals surface area contributed by atoms with E-state index in [0.717, 1.165) is 56.4 Å². The lowest BCUT2D eigenvalue weighted by Gasteiger charge is -2.17. The highest BCUT2D eigenvalue weighted by molar-refractivity contribution is 5.26. The van der Waals surface area contributed by atoms with Crippen molar-refractivity contribution in [1.82, 2.24) is 9.55 Å². The van der Waals surface area contributed by atoms with Gasteiger partial charge < -0.3 is 14.6 Å². The average molecular weight is 277 g/mol. The molecule has 0 aliphatic heterocycles. The topological polar surface area (TPSA) is 39.1 Å². The summed E-state index contributed by atoms with van der Waals surface area (Å²) in [5, 5.41) is 3.59. The van der Waals surface area contributed by atoms with Crippen molar-refractivity contribution in [2.75, 3.05) is 25.1 Å². The van der Waals surface area contributed by atoms with Gasteiger partial charge in [0.2, 0.25) is 5.95 Å². The van der Waals surface area contributed by atoms with Gasteiger partial charge in [0.15, 0.2) is 0 Å². The summed E-state index contributed by atoms with van der Waals surface area (Å²) in [5.41, 5.74) is 0. The van der Waals surface area contributed by atoms with Crippen molar-refractivity contribution in [2.24, 2.45) is 17.8 Å². The molecule has 0 spiro atoms. The smallest absolute Gasteiger partial charge is 0.202 e. The van der Waals surface area contributed by atoms with Crippen LogP contribution < -0.4 is 5.32 Å². The van der Waals surface area contributed by atoms with Crippen LogP contribution in [0.5, 0.6) is 0 Å². The monoisotopic (exact) mass is 277 g/mol. The summed E-state index contributed by atoms with van der Waals surface area (Å²) in [6.45, 7) is 5.78. The Morgan fingerprint density at radius 2 is 2.10 bits per heavy atom. The zero-order valence-corrected chi connectivity index (χ0v) is 12.6. The first-order chi connectivity index (χ1) is 9.88. The number of imidazole rings is 1. The second kappa shape index (κ2) is 6.61. The van der Waals surface area contributed by atoms with E-state index >= 15 is 0 Å². The maximum atomic E-state index is 5.40. The van der Waals surface area contributed by atoms with E-state index in [1.54, 1.807) is 0 Å². The number of aryl methyl sites for hydroxylation is 1. The van der Waals surface area contributed by atoms with Crippen LogP contribution in [-0.2, 0) is 11.3 Å². The van der Waals surface area contributed by atoms with Crippen LogP contribution in [0.15, 0.2) is 12.4 Å². The summed E-state index contributed by atoms with van der Waals surface area (Å²) < 4.78 is 7.61. The Morgan fingerprint density at radius 1 is 1.35 bits per heavy atom. The van der Waals surface area contributed by atoms with Crippen LogP contribution in [0, 0.1) is 17.8 Å². The first-order valence-corrected chi connectivity index (χ1v) is 8.21. The third-order valence-electron chi connectivity index (χ3n) is 4.56. The van der Waals surface area contributed by atoms with Gasteiger partial charge in [-0.1, -0.05) is 0 Å². The lowest BCUT2D eigenvalue weighted by molar-refractivity contribution is 0.142. The Balaban J connectivity index is 1.45. The number of anilines is 1. The van der Waals surface area contributed by atoms with Crippen LogP contribution in [-0.4, -0.2) is 29.3 Å². The normalized spacial score (nSPS) is 18.7. The Kier molecular flexibility index (Phi) is 4.61. The number of hydrogen-bond donors (Lipinski definition) is 1. The molecule has 2 aliphatic rings. The molecule has 2 aliphatic carbocycles. The number of nitrogens with zero attached hydrogens (tertiary/aromatic N) is 2. The van der Waals surface area contributed by atoms with Crippen molar-refractivity contribution in [2.45, 2.75) is 45.6 Å². The maximum Gasteiger partial charge on any atom is 0.202 e. The minimum Gasteiger partial charge on any atom is -0.382 e. The molecule has 0 amide bonds. The SMILES string of the molecule is CCOCCCn1ccnc1NCC(C1CC1)C1CC1. The van der Waals surface area contributed by atoms with Gasteiger partial charge in [-0.2, -0.15) is 0 Å². The zero-order chi connectivity index (χ0) is 13.8. The molecule has 4 nitrogen and oxygen atoms in total. The van der Waals surface area contributed by atoms with E-state index in [1.165, 1.54) is 25.7 Å². The molecule has 1 aromatic rings. The third-order valence-corrected chi connectivity index (χ3v) is 4.56. The Morgan fingerprint density at radius 3 is 2.75 bits per heavy atom. The molecule has 0 saturated heterocycles. The fourth-order valence-corrected chi connectivity index (χ4v) is 3.11. The molecule has 20 heavy (non-hydrogen) atoms. The molecule has 0 atom stereocenters. The Labute approximate surface area is 121 Å². The van der Waals surface area contributed by atoms with Crippen molar-refractivity contribution in [1.29, 1.82) is 0 Å². The molecular weight excluding hydrogens is 250 g/mol. The highest BCUT2D eigenvalue weighted by Crippen LogP contribution is 2.49. The molecule has 1 aromatic heterocycles. The number of aromatic nitrogens is 2. The van der Waals surface area contributed by atoms with Crippen molar-refractivity contribution in [3.8, 4) is 0 Å². The quantitative estimate of drug-likeness (QED) is 0.668. The molecule has 4 heteroatoms. The third kappa shape index (κ3) is 3.75. The standard InChI is InChI=1S/C16H27N3O/c1-2-20-11-3-9-19-10-8-17-16(19)18-12-15(13-4-5-13)14-6-7-14/h8,10,13-15H,2-7,9,11-12H2,1H3,(H,17,18). The lowest BCUT2D eigenvalue weighted by Crippen LogP contribution is -2.20. The van der Waals surface area contributed by atoms with E-state index in [4.69, 9.17) is 4.74 Å². The minimum absolute atomic E-state index is 0.805. The molecule has 1 N–H and O–H groups in total. The summed E-state index contributed by atoms with van der Waals surface area (Å²) >= 11 is 0. The fraction of sp³-hybridized carbons (Fsp3) is 0.812. The molecule has 2 saturated carbocycles. The Hall–Kier alpha value is -1.03. The Bertz CT molecular complexity index is 398. The molecule has 3 rings (SSSR count). The van der Waals surface area contributed by atoms with Gasteiger partial charge in [0.05, 0.1) is 0 Å². The van der Waals surface area contributed by atoms with Crippen LogP contribution in [0.2, 0.25) is 0 Å². The summed E-state index contributed by atoms with van der Waals surface area (Å²) in [5.74, 6) is 3.92. The van der Waals surface area contributed by atoms with E-state index in [2.05, 4.69) is 21.1 Å². The fourth-order valence-electron chi connectivity index (χ4n) is 3.11. The van der Waals surface area contributed by atoms with Gasteiger partial charge in [-0.3, -0.25) is 0 Å². The predicted molar refractivity (Wildman–Crippen MR) is 80.8 cm³/mol. The molecule has 0 aromatic carbocycles. The second-order valence-corrected chi connectivity index (χ2v) is 6.21. The summed E-state index contributed by atoms with van der Waals surface area (Å²) in [6, 6.07) is 0. The number of hydrogen-bond acceptors (Lipinski definition) is 3. The largest absolute Gasteiger partial charge is 0.382 e. The van der Waals surface area contributed by atoms with Gasteiger partial charge in [0.25, 0.3) is 0 Å². The zero-order valence-electron chi connectivity index (χ0n) is 12.6. The van der Waals surface area contributed by atoms with Gasteiger partial charge in [-0.15, -0.1) is 0 Å². The van der Waals surface area contributed by atoms with Crippen LogP contribution >= 0.6 is 0 Å². The van der Waals surface area contributed by atoms with E-state index in [1.807, 2.05) is 13.1 Å². The predicted octanol–water partition coefficient (Wildman–Crippen LogP) is 3.16. The number of ether oxygens (including phenoxy) is 1. The molecule has 1 heterocycles. The molecule has 0 unspecified atom stereocenters. The van der Waals surface area contributed by atoms with Crippen molar-refractivity contribution in [3.05, 3.63) is 12.4 Å². The van der Waals surface area contributed by atoms with Crippen LogP contribution in [0.3, 0.4) is 0 Å². The van der Waals surface area contributed by atoms with Gasteiger partial charge >= 0.3 is 0 Å². The summed E-state index contributed by atoms with van der Waals surface area (Å²) in [6.07, 6.45) is 10.8. The van der Waals surface area contributed by atoms with Crippen molar-refractivity contribution < 1.29 is 4.74 Å². The summed E-state index contributed by atoms with van der Waals surface area (Å²) in [4.78, 5) is 4.46. The van der Waals surface area contributed by atoms with Crippen LogP contribution in [0.25, 0.3) is 0 Å². The minimum atomic E-state index is 0.805. The van der Waals surface area contributed by atoms with Gasteiger partial charge in [0, 0.05) is 38.7 Å². The second-order valence-electron chi connectivity index (χ2n) is 6.21. The summed E-state index contributed by atoms with van der Waals surface area (Å²) in [7, 11) is 0. The van der Waals surface area contributed by atoms with Crippen LogP contribution in [0.1, 0.15) is 39.0 Å². The first-order valence-electron chi connectivity index (χ1n) is 8.21. The van der Waals surface area contributed by atoms with Crippen molar-refractivity contribution in [3.63, 3.8) is 0 Å². The number of nitrogens with one attached hydrogen (secondary N) is 1. The molecular formula is C16H27N3O. The first kappa shape index (κ1) is 13.9. The lowest BCUT2D eigenvalue weighted by atomic mass is 9.98. The highest BCUT2D eigenvalue weighted by Gasteiger charge is 2.41.